The highest BCUT2D eigenvalue weighted by Crippen LogP contribution is 2.36. The first kappa shape index (κ1) is 21.5. The highest BCUT2D eigenvalue weighted by molar-refractivity contribution is 5.98. The van der Waals surface area contributed by atoms with Crippen LogP contribution < -0.4 is 5.56 Å². The summed E-state index contributed by atoms with van der Waals surface area (Å²) in [5, 5.41) is 8.62. The molecule has 0 saturated carbocycles. The molecule has 35 heavy (non-hydrogen) atoms. The molecule has 2 bridgehead atoms. The molecule has 0 aliphatic carbocycles. The third-order valence-electron chi connectivity index (χ3n) is 7.04. The largest absolute Gasteiger partial charge is 0.336 e. The van der Waals surface area contributed by atoms with Gasteiger partial charge in [0.1, 0.15) is 11.5 Å². The van der Waals surface area contributed by atoms with Gasteiger partial charge in [-0.1, -0.05) is 41.1 Å². The van der Waals surface area contributed by atoms with Gasteiger partial charge in [0, 0.05) is 42.9 Å². The van der Waals surface area contributed by atoms with Crippen LogP contribution in [0.5, 0.6) is 0 Å². The van der Waals surface area contributed by atoms with Crippen LogP contribution in [-0.4, -0.2) is 43.5 Å². The fraction of sp³-hybridized carbons (Fsp3) is 0.259. The summed E-state index contributed by atoms with van der Waals surface area (Å²) in [7, 11) is 0. The summed E-state index contributed by atoms with van der Waals surface area (Å²) in [4.78, 5) is 28.0. The van der Waals surface area contributed by atoms with Gasteiger partial charge in [0.15, 0.2) is 5.69 Å². The summed E-state index contributed by atoms with van der Waals surface area (Å²) in [5.74, 6) is -0.216. The van der Waals surface area contributed by atoms with Gasteiger partial charge >= 0.3 is 0 Å². The van der Waals surface area contributed by atoms with Crippen molar-refractivity contribution >= 4 is 5.91 Å². The predicted molar refractivity (Wildman–Crippen MR) is 129 cm³/mol. The van der Waals surface area contributed by atoms with Gasteiger partial charge in [0.05, 0.1) is 5.69 Å². The van der Waals surface area contributed by atoms with Crippen molar-refractivity contribution < 1.29 is 9.18 Å². The molecule has 2 aliphatic rings. The Morgan fingerprint density at radius 3 is 2.51 bits per heavy atom. The number of likely N-dealkylation sites (tertiary alicyclic amines) is 1. The van der Waals surface area contributed by atoms with Crippen LogP contribution in [0, 0.1) is 18.7 Å². The number of carbonyl (C=O) groups excluding carboxylic acids is 1. The second kappa shape index (κ2) is 8.30. The maximum Gasteiger partial charge on any atom is 0.276 e. The third-order valence-corrected chi connectivity index (χ3v) is 7.04. The van der Waals surface area contributed by atoms with E-state index in [1.807, 2.05) is 46.7 Å². The highest BCUT2D eigenvalue weighted by atomic mass is 19.1. The van der Waals surface area contributed by atoms with Crippen molar-refractivity contribution in [2.24, 2.45) is 5.92 Å². The van der Waals surface area contributed by atoms with Crippen LogP contribution in [0.15, 0.2) is 71.5 Å². The molecule has 0 radical (unpaired) electrons. The molecule has 2 aromatic heterocycles. The first-order chi connectivity index (χ1) is 17.0. The van der Waals surface area contributed by atoms with E-state index < -0.39 is 0 Å². The summed E-state index contributed by atoms with van der Waals surface area (Å²) < 4.78 is 17.0. The predicted octanol–water partition coefficient (Wildman–Crippen LogP) is 3.80. The number of pyridine rings is 1. The smallest absolute Gasteiger partial charge is 0.276 e. The average molecular weight is 470 g/mol. The van der Waals surface area contributed by atoms with Crippen molar-refractivity contribution in [2.75, 3.05) is 13.1 Å². The van der Waals surface area contributed by atoms with Crippen molar-refractivity contribution in [3.05, 3.63) is 99.9 Å². The Morgan fingerprint density at radius 2 is 1.74 bits per heavy atom. The van der Waals surface area contributed by atoms with Crippen LogP contribution in [0.3, 0.4) is 0 Å². The van der Waals surface area contributed by atoms with E-state index in [4.69, 9.17) is 0 Å². The van der Waals surface area contributed by atoms with E-state index in [1.54, 1.807) is 28.9 Å². The van der Waals surface area contributed by atoms with E-state index in [0.717, 1.165) is 23.2 Å². The fourth-order valence-electron chi connectivity index (χ4n) is 5.37. The molecule has 2 aliphatic heterocycles. The number of hydrogen-bond acceptors (Lipinski definition) is 4. The first-order valence-corrected chi connectivity index (χ1v) is 11.8. The van der Waals surface area contributed by atoms with Crippen molar-refractivity contribution in [1.29, 1.82) is 0 Å². The lowest BCUT2D eigenvalue weighted by Gasteiger charge is -2.42. The molecule has 7 nitrogen and oxygen atoms in total. The molecule has 1 amide bonds. The number of rotatable bonds is 3. The molecule has 4 heterocycles. The normalized spacial score (nSPS) is 18.9. The fourth-order valence-corrected chi connectivity index (χ4v) is 5.37. The molecule has 0 unspecified atom stereocenters. The van der Waals surface area contributed by atoms with Crippen LogP contribution in [-0.2, 0) is 6.54 Å². The van der Waals surface area contributed by atoms with Gasteiger partial charge in [-0.25, -0.2) is 9.07 Å². The number of piperidine rings is 1. The number of aryl methyl sites for hydroxylation is 1. The minimum Gasteiger partial charge on any atom is -0.336 e. The minimum atomic E-state index is -0.346. The van der Waals surface area contributed by atoms with Crippen LogP contribution in [0.1, 0.15) is 34.1 Å². The SMILES string of the molecule is Cc1ccc(-c2c(C(=O)N3C[C@@H]4C[C@H](C3)c3cccc(=O)n3C4)nnn2-c2ccc(F)cc2)cc1. The second-order valence-electron chi connectivity index (χ2n) is 9.45. The van der Waals surface area contributed by atoms with Gasteiger partial charge in [0.25, 0.3) is 11.5 Å². The zero-order valence-electron chi connectivity index (χ0n) is 19.3. The monoisotopic (exact) mass is 469 g/mol. The van der Waals surface area contributed by atoms with Crippen LogP contribution in [0.2, 0.25) is 0 Å². The maximum absolute atomic E-state index is 13.9. The Kier molecular flexibility index (Phi) is 5.09. The van der Waals surface area contributed by atoms with Gasteiger partial charge in [-0.05, 0) is 49.6 Å². The molecule has 1 saturated heterocycles. The van der Waals surface area contributed by atoms with Crippen molar-refractivity contribution in [1.82, 2.24) is 24.5 Å². The minimum absolute atomic E-state index is 0.0147. The average Bonchev–Trinajstić information content (AvgIpc) is 3.30. The van der Waals surface area contributed by atoms with Gasteiger partial charge in [-0.15, -0.1) is 5.10 Å². The highest BCUT2D eigenvalue weighted by Gasteiger charge is 2.38. The van der Waals surface area contributed by atoms with Gasteiger partial charge in [0.2, 0.25) is 0 Å². The van der Waals surface area contributed by atoms with Crippen LogP contribution in [0.25, 0.3) is 16.9 Å². The van der Waals surface area contributed by atoms with E-state index in [1.165, 1.54) is 12.1 Å². The Morgan fingerprint density at radius 1 is 0.971 bits per heavy atom. The molecule has 8 heteroatoms. The molecule has 2 atom stereocenters. The Bertz CT molecular complexity index is 1470. The number of fused-ring (bicyclic) bond motifs is 4. The van der Waals surface area contributed by atoms with Crippen LogP contribution >= 0.6 is 0 Å². The zero-order valence-corrected chi connectivity index (χ0v) is 19.3. The first-order valence-electron chi connectivity index (χ1n) is 11.8. The molecular weight excluding hydrogens is 445 g/mol. The molecule has 6 rings (SSSR count). The van der Waals surface area contributed by atoms with E-state index in [2.05, 4.69) is 10.3 Å². The lowest BCUT2D eigenvalue weighted by atomic mass is 9.83. The second-order valence-corrected chi connectivity index (χ2v) is 9.45. The Balaban J connectivity index is 1.40. The Hall–Kier alpha value is -4.07. The van der Waals surface area contributed by atoms with Crippen LogP contribution in [0.4, 0.5) is 4.39 Å². The summed E-state index contributed by atoms with van der Waals surface area (Å²) in [6.45, 7) is 3.70. The van der Waals surface area contributed by atoms with E-state index >= 15 is 0 Å². The molecule has 176 valence electrons. The van der Waals surface area contributed by atoms with E-state index in [9.17, 15) is 14.0 Å². The Labute approximate surface area is 201 Å². The van der Waals surface area contributed by atoms with Gasteiger partial charge in [-0.2, -0.15) is 0 Å². The number of nitrogens with zero attached hydrogens (tertiary/aromatic N) is 5. The lowest BCUT2D eigenvalue weighted by molar-refractivity contribution is 0.0589. The molecular formula is C27H24FN5O2. The third kappa shape index (κ3) is 3.75. The van der Waals surface area contributed by atoms with E-state index in [0.29, 0.717) is 31.0 Å². The molecule has 2 aromatic carbocycles. The van der Waals surface area contributed by atoms with E-state index in [-0.39, 0.29) is 34.8 Å². The van der Waals surface area contributed by atoms with Crippen molar-refractivity contribution in [3.8, 4) is 16.9 Å². The molecule has 0 N–H and O–H groups in total. The quantitative estimate of drug-likeness (QED) is 0.458. The number of aromatic nitrogens is 4. The van der Waals surface area contributed by atoms with Gasteiger partial charge < -0.3 is 9.47 Å². The lowest BCUT2D eigenvalue weighted by Crippen LogP contribution is -2.49. The number of carbonyl (C=O) groups is 1. The summed E-state index contributed by atoms with van der Waals surface area (Å²) in [5.41, 5.74) is 4.37. The molecule has 1 fully saturated rings. The zero-order chi connectivity index (χ0) is 24.1. The number of halogens is 1. The standard InChI is InChI=1S/C27H24FN5O2/c1-17-5-7-19(8-6-17)26-25(29-30-33(26)22-11-9-21(28)10-12-22)27(35)31-14-18-13-20(16-31)23-3-2-4-24(34)32(23)15-18/h2-12,18,20H,13-16H2,1H3/t18-,20+/m0/s1. The summed E-state index contributed by atoms with van der Waals surface area (Å²) >= 11 is 0. The maximum atomic E-state index is 13.9. The number of amides is 1. The summed E-state index contributed by atoms with van der Waals surface area (Å²) in [6.07, 6.45) is 0.959. The molecule has 4 aromatic rings. The van der Waals surface area contributed by atoms with Crippen molar-refractivity contribution in [2.45, 2.75) is 25.8 Å². The topological polar surface area (TPSA) is 73.0 Å². The van der Waals surface area contributed by atoms with Crippen molar-refractivity contribution in [3.63, 3.8) is 0 Å². The molecule has 0 spiro atoms. The van der Waals surface area contributed by atoms with Gasteiger partial charge in [-0.3, -0.25) is 9.59 Å². The number of benzene rings is 2. The summed E-state index contributed by atoms with van der Waals surface area (Å²) in [6, 6.07) is 19.2. The number of hydrogen-bond donors (Lipinski definition) is 0.